The number of benzene rings is 1. The zero-order chi connectivity index (χ0) is 8.27. The highest BCUT2D eigenvalue weighted by Crippen LogP contribution is 2.14. The molecule has 0 aromatic heterocycles. The van der Waals surface area contributed by atoms with Crippen molar-refractivity contribution >= 4 is 11.4 Å². The van der Waals surface area contributed by atoms with Gasteiger partial charge in [0.2, 0.25) is 0 Å². The fraction of sp³-hybridized carbons (Fsp3) is 0.250. The molecule has 0 fully saturated rings. The summed E-state index contributed by atoms with van der Waals surface area (Å²) in [7, 11) is 3.45. The third-order valence-electron chi connectivity index (χ3n) is 1.53. The van der Waals surface area contributed by atoms with Crippen molar-refractivity contribution in [2.24, 2.45) is 0 Å². The van der Waals surface area contributed by atoms with Crippen LogP contribution >= 0.6 is 0 Å². The molecule has 3 nitrogen and oxygen atoms in total. The Morgan fingerprint density at radius 2 is 1.82 bits per heavy atom. The molecule has 60 valence electrons. The molecule has 2 N–H and O–H groups in total. The van der Waals surface area contributed by atoms with Gasteiger partial charge >= 0.3 is 0 Å². The molecule has 0 aliphatic carbocycles. The fourth-order valence-electron chi connectivity index (χ4n) is 0.844. The SMILES string of the molecule is CNc1ccc(N(C)O)cc1. The number of rotatable bonds is 2. The molecule has 0 amide bonds. The van der Waals surface area contributed by atoms with Crippen LogP contribution in [0.3, 0.4) is 0 Å². The molecular weight excluding hydrogens is 140 g/mol. The van der Waals surface area contributed by atoms with Crippen LogP contribution in [0.1, 0.15) is 0 Å². The third-order valence-corrected chi connectivity index (χ3v) is 1.53. The van der Waals surface area contributed by atoms with Gasteiger partial charge < -0.3 is 5.32 Å². The summed E-state index contributed by atoms with van der Waals surface area (Å²) < 4.78 is 0. The molecule has 1 aromatic carbocycles. The first-order valence-corrected chi connectivity index (χ1v) is 3.44. The third kappa shape index (κ3) is 1.85. The molecule has 1 rings (SSSR count). The van der Waals surface area contributed by atoms with Gasteiger partial charge in [-0.2, -0.15) is 0 Å². The Kier molecular flexibility index (Phi) is 2.33. The van der Waals surface area contributed by atoms with Gasteiger partial charge in [0.1, 0.15) is 0 Å². The number of hydrogen-bond acceptors (Lipinski definition) is 3. The highest BCUT2D eigenvalue weighted by atomic mass is 16.5. The minimum absolute atomic E-state index is 0.781. The average Bonchev–Trinajstić information content (AvgIpc) is 2.05. The van der Waals surface area contributed by atoms with Crippen molar-refractivity contribution in [2.75, 3.05) is 24.5 Å². The minimum Gasteiger partial charge on any atom is -0.388 e. The smallest absolute Gasteiger partial charge is 0.0632 e. The van der Waals surface area contributed by atoms with Crippen LogP contribution in [0.2, 0.25) is 0 Å². The van der Waals surface area contributed by atoms with E-state index in [0.717, 1.165) is 16.4 Å². The van der Waals surface area contributed by atoms with Crippen LogP contribution in [0.5, 0.6) is 0 Å². The van der Waals surface area contributed by atoms with Crippen LogP contribution in [0.25, 0.3) is 0 Å². The second-order valence-corrected chi connectivity index (χ2v) is 2.32. The van der Waals surface area contributed by atoms with E-state index in [4.69, 9.17) is 5.21 Å². The molecule has 0 unspecified atom stereocenters. The molecule has 0 aliphatic rings. The summed E-state index contributed by atoms with van der Waals surface area (Å²) in [5, 5.41) is 13.1. The number of nitrogens with one attached hydrogen (secondary N) is 1. The van der Waals surface area contributed by atoms with Gasteiger partial charge in [-0.05, 0) is 24.3 Å². The van der Waals surface area contributed by atoms with Crippen LogP contribution in [-0.4, -0.2) is 19.3 Å². The standard InChI is InChI=1S/C8H12N2O/c1-9-7-3-5-8(6-4-7)10(2)11/h3-6,9,11H,1-2H3. The summed E-state index contributed by atoms with van der Waals surface area (Å²) >= 11 is 0. The van der Waals surface area contributed by atoms with Crippen molar-refractivity contribution in [3.8, 4) is 0 Å². The van der Waals surface area contributed by atoms with E-state index in [1.54, 1.807) is 7.05 Å². The van der Waals surface area contributed by atoms with Crippen LogP contribution in [-0.2, 0) is 0 Å². The molecule has 3 heteroatoms. The van der Waals surface area contributed by atoms with Gasteiger partial charge in [-0.15, -0.1) is 0 Å². The number of hydrogen-bond donors (Lipinski definition) is 2. The van der Waals surface area contributed by atoms with Gasteiger partial charge in [-0.1, -0.05) is 0 Å². The molecule has 0 atom stereocenters. The lowest BCUT2D eigenvalue weighted by molar-refractivity contribution is 0.279. The average molecular weight is 152 g/mol. The molecule has 0 bridgehead atoms. The van der Waals surface area contributed by atoms with E-state index in [9.17, 15) is 0 Å². The molecule has 0 heterocycles. The van der Waals surface area contributed by atoms with E-state index >= 15 is 0 Å². The summed E-state index contributed by atoms with van der Waals surface area (Å²) in [6, 6.07) is 7.49. The predicted octanol–water partition coefficient (Wildman–Crippen LogP) is 1.55. The molecule has 0 saturated carbocycles. The van der Waals surface area contributed by atoms with Gasteiger partial charge in [0.05, 0.1) is 5.69 Å². The summed E-state index contributed by atoms with van der Waals surface area (Å²) in [4.78, 5) is 0. The van der Waals surface area contributed by atoms with Gasteiger partial charge in [-0.3, -0.25) is 10.3 Å². The molecule has 0 radical (unpaired) electrons. The van der Waals surface area contributed by atoms with Crippen molar-refractivity contribution in [3.05, 3.63) is 24.3 Å². The van der Waals surface area contributed by atoms with Gasteiger partial charge in [0, 0.05) is 19.8 Å². The van der Waals surface area contributed by atoms with E-state index in [0.29, 0.717) is 0 Å². The van der Waals surface area contributed by atoms with Gasteiger partial charge in [0.25, 0.3) is 0 Å². The maximum Gasteiger partial charge on any atom is 0.0632 e. The Balaban J connectivity index is 2.83. The Hall–Kier alpha value is -1.22. The zero-order valence-corrected chi connectivity index (χ0v) is 6.70. The van der Waals surface area contributed by atoms with Crippen molar-refractivity contribution in [1.82, 2.24) is 0 Å². The lowest BCUT2D eigenvalue weighted by atomic mass is 10.3. The first-order chi connectivity index (χ1) is 5.24. The molecular formula is C8H12N2O. The summed E-state index contributed by atoms with van der Waals surface area (Å²) in [6.45, 7) is 0. The normalized spacial score (nSPS) is 9.36. The Morgan fingerprint density at radius 1 is 1.27 bits per heavy atom. The lowest BCUT2D eigenvalue weighted by Gasteiger charge is -2.10. The molecule has 0 aliphatic heterocycles. The van der Waals surface area contributed by atoms with Crippen LogP contribution in [0.15, 0.2) is 24.3 Å². The Bertz CT molecular complexity index is 218. The first-order valence-electron chi connectivity index (χ1n) is 3.44. The van der Waals surface area contributed by atoms with Gasteiger partial charge in [-0.25, -0.2) is 0 Å². The monoisotopic (exact) mass is 152 g/mol. The van der Waals surface area contributed by atoms with Crippen LogP contribution in [0, 0.1) is 0 Å². The van der Waals surface area contributed by atoms with Crippen molar-refractivity contribution < 1.29 is 5.21 Å². The van der Waals surface area contributed by atoms with Crippen LogP contribution in [0.4, 0.5) is 11.4 Å². The molecule has 0 saturated heterocycles. The summed E-state index contributed by atoms with van der Waals surface area (Å²) in [5.74, 6) is 0. The summed E-state index contributed by atoms with van der Waals surface area (Å²) in [6.07, 6.45) is 0. The van der Waals surface area contributed by atoms with E-state index in [-0.39, 0.29) is 0 Å². The zero-order valence-electron chi connectivity index (χ0n) is 6.70. The van der Waals surface area contributed by atoms with E-state index in [2.05, 4.69) is 5.32 Å². The van der Waals surface area contributed by atoms with E-state index in [1.807, 2.05) is 31.3 Å². The second kappa shape index (κ2) is 3.25. The highest BCUT2D eigenvalue weighted by molar-refractivity contribution is 5.52. The second-order valence-electron chi connectivity index (χ2n) is 2.32. The number of nitrogens with zero attached hydrogens (tertiary/aromatic N) is 1. The van der Waals surface area contributed by atoms with Crippen LogP contribution < -0.4 is 10.4 Å². The maximum atomic E-state index is 9.00. The molecule has 0 spiro atoms. The summed E-state index contributed by atoms with van der Waals surface area (Å²) in [5.41, 5.74) is 1.82. The van der Waals surface area contributed by atoms with Crippen molar-refractivity contribution in [2.45, 2.75) is 0 Å². The van der Waals surface area contributed by atoms with Crippen molar-refractivity contribution in [3.63, 3.8) is 0 Å². The number of hydroxylamine groups is 1. The topological polar surface area (TPSA) is 35.5 Å². The molecule has 1 aromatic rings. The Morgan fingerprint density at radius 3 is 2.18 bits per heavy atom. The quantitative estimate of drug-likeness (QED) is 0.631. The van der Waals surface area contributed by atoms with Gasteiger partial charge in [0.15, 0.2) is 0 Å². The number of anilines is 2. The van der Waals surface area contributed by atoms with Crippen molar-refractivity contribution in [1.29, 1.82) is 0 Å². The maximum absolute atomic E-state index is 9.00. The highest BCUT2D eigenvalue weighted by Gasteiger charge is 1.94. The van der Waals surface area contributed by atoms with E-state index < -0.39 is 0 Å². The lowest BCUT2D eigenvalue weighted by Crippen LogP contribution is -2.09. The molecule has 11 heavy (non-hydrogen) atoms. The fourth-order valence-corrected chi connectivity index (χ4v) is 0.844. The predicted molar refractivity (Wildman–Crippen MR) is 46.2 cm³/mol. The minimum atomic E-state index is 0.781. The van der Waals surface area contributed by atoms with E-state index in [1.165, 1.54) is 0 Å². The Labute approximate surface area is 66.2 Å². The largest absolute Gasteiger partial charge is 0.388 e. The first kappa shape index (κ1) is 7.88.